The summed E-state index contributed by atoms with van der Waals surface area (Å²) < 4.78 is 43.9. The fourth-order valence-electron chi connectivity index (χ4n) is 1.63. The maximum Gasteiger partial charge on any atom is 0.416 e. The van der Waals surface area contributed by atoms with Crippen molar-refractivity contribution < 1.29 is 17.9 Å². The van der Waals surface area contributed by atoms with E-state index in [1.807, 2.05) is 0 Å². The maximum atomic E-state index is 12.9. The Balaban J connectivity index is 3.20. The summed E-state index contributed by atoms with van der Waals surface area (Å²) >= 11 is 0. The van der Waals surface area contributed by atoms with E-state index in [0.29, 0.717) is 5.56 Å². The van der Waals surface area contributed by atoms with Crippen molar-refractivity contribution in [2.45, 2.75) is 45.9 Å². The maximum absolute atomic E-state index is 12.9. The number of ether oxygens (including phenoxy) is 1. The Morgan fingerprint density at radius 1 is 1.06 bits per heavy atom. The molecule has 0 aliphatic heterocycles. The van der Waals surface area contributed by atoms with Crippen LogP contribution in [0.3, 0.4) is 0 Å². The molecule has 4 heteroatoms. The van der Waals surface area contributed by atoms with Gasteiger partial charge in [-0.1, -0.05) is 19.9 Å². The molecule has 0 bridgehead atoms. The van der Waals surface area contributed by atoms with Gasteiger partial charge in [0, 0.05) is 0 Å². The summed E-state index contributed by atoms with van der Waals surface area (Å²) in [5, 5.41) is 0. The van der Waals surface area contributed by atoms with E-state index >= 15 is 0 Å². The second-order valence-electron chi connectivity index (χ2n) is 4.57. The highest BCUT2D eigenvalue weighted by Gasteiger charge is 2.34. The van der Waals surface area contributed by atoms with Crippen molar-refractivity contribution >= 4 is 0 Å². The minimum Gasteiger partial charge on any atom is -0.491 e. The number of rotatable bonds is 3. The van der Waals surface area contributed by atoms with Crippen LogP contribution in [0.2, 0.25) is 0 Å². The summed E-state index contributed by atoms with van der Waals surface area (Å²) in [6.45, 7) is 7.05. The Bertz CT molecular complexity index is 381. The lowest BCUT2D eigenvalue weighted by atomic mass is 9.96. The topological polar surface area (TPSA) is 9.23 Å². The summed E-state index contributed by atoms with van der Waals surface area (Å²) in [4.78, 5) is 0. The number of benzene rings is 1. The van der Waals surface area contributed by atoms with E-state index in [0.717, 1.165) is 6.07 Å². The van der Waals surface area contributed by atoms with Crippen LogP contribution in [-0.2, 0) is 6.18 Å². The molecule has 17 heavy (non-hydrogen) atoms. The lowest BCUT2D eigenvalue weighted by Gasteiger charge is -2.18. The number of hydrogen-bond acceptors (Lipinski definition) is 1. The van der Waals surface area contributed by atoms with E-state index in [-0.39, 0.29) is 17.8 Å². The van der Waals surface area contributed by atoms with Crippen LogP contribution in [0.25, 0.3) is 0 Å². The average molecular weight is 246 g/mol. The SMILES string of the molecule is CC(C)Oc1ccc(C(C)C)c(C(F)(F)F)c1. The molecule has 0 aliphatic rings. The molecule has 0 spiro atoms. The summed E-state index contributed by atoms with van der Waals surface area (Å²) in [6, 6.07) is 4.16. The van der Waals surface area contributed by atoms with Gasteiger partial charge >= 0.3 is 6.18 Å². The monoisotopic (exact) mass is 246 g/mol. The first-order chi connectivity index (χ1) is 7.71. The van der Waals surface area contributed by atoms with Crippen LogP contribution in [0, 0.1) is 0 Å². The average Bonchev–Trinajstić information content (AvgIpc) is 2.14. The Kier molecular flexibility index (Phi) is 4.07. The Morgan fingerprint density at radius 3 is 2.06 bits per heavy atom. The Hall–Kier alpha value is -1.19. The van der Waals surface area contributed by atoms with Gasteiger partial charge in [-0.15, -0.1) is 0 Å². The van der Waals surface area contributed by atoms with Crippen LogP contribution in [0.5, 0.6) is 5.75 Å². The van der Waals surface area contributed by atoms with Gasteiger partial charge in [-0.05, 0) is 37.5 Å². The molecule has 0 radical (unpaired) electrons. The number of halogens is 3. The molecule has 1 aromatic rings. The van der Waals surface area contributed by atoms with E-state index in [9.17, 15) is 13.2 Å². The molecule has 1 aromatic carbocycles. The van der Waals surface area contributed by atoms with Gasteiger partial charge in [0.05, 0.1) is 11.7 Å². The summed E-state index contributed by atoms with van der Waals surface area (Å²) in [7, 11) is 0. The summed E-state index contributed by atoms with van der Waals surface area (Å²) in [5.74, 6) is 0.0939. The van der Waals surface area contributed by atoms with Crippen LogP contribution in [0.4, 0.5) is 13.2 Å². The summed E-state index contributed by atoms with van der Waals surface area (Å²) in [6.07, 6.45) is -4.48. The predicted molar refractivity (Wildman–Crippen MR) is 61.3 cm³/mol. The largest absolute Gasteiger partial charge is 0.491 e. The number of hydrogen-bond donors (Lipinski definition) is 0. The van der Waals surface area contributed by atoms with Crippen molar-refractivity contribution in [3.8, 4) is 5.75 Å². The Morgan fingerprint density at radius 2 is 1.65 bits per heavy atom. The molecule has 0 aliphatic carbocycles. The van der Waals surface area contributed by atoms with E-state index in [1.54, 1.807) is 33.8 Å². The van der Waals surface area contributed by atoms with Gasteiger partial charge in [0.1, 0.15) is 5.75 Å². The molecule has 0 saturated carbocycles. The van der Waals surface area contributed by atoms with E-state index in [1.165, 1.54) is 6.07 Å². The molecule has 0 amide bonds. The van der Waals surface area contributed by atoms with Crippen LogP contribution in [0.15, 0.2) is 18.2 Å². The minimum absolute atomic E-state index is 0.138. The zero-order chi connectivity index (χ0) is 13.2. The lowest BCUT2D eigenvalue weighted by molar-refractivity contribution is -0.138. The fraction of sp³-hybridized carbons (Fsp3) is 0.538. The second kappa shape index (κ2) is 4.98. The standard InChI is InChI=1S/C13H17F3O/c1-8(2)11-6-5-10(17-9(3)4)7-12(11)13(14,15)16/h5-9H,1-4H3. The fourth-order valence-corrected chi connectivity index (χ4v) is 1.63. The first kappa shape index (κ1) is 13.9. The van der Waals surface area contributed by atoms with Crippen molar-refractivity contribution in [2.24, 2.45) is 0 Å². The van der Waals surface area contributed by atoms with E-state index < -0.39 is 11.7 Å². The van der Waals surface area contributed by atoms with Crippen LogP contribution in [0.1, 0.15) is 44.7 Å². The molecule has 0 N–H and O–H groups in total. The predicted octanol–water partition coefficient (Wildman–Crippen LogP) is 4.62. The molecule has 0 atom stereocenters. The molecule has 96 valence electrons. The smallest absolute Gasteiger partial charge is 0.416 e. The van der Waals surface area contributed by atoms with Gasteiger partial charge in [-0.3, -0.25) is 0 Å². The molecular weight excluding hydrogens is 229 g/mol. The molecule has 0 heterocycles. The van der Waals surface area contributed by atoms with Gasteiger partial charge in [-0.2, -0.15) is 13.2 Å². The third kappa shape index (κ3) is 3.65. The van der Waals surface area contributed by atoms with Gasteiger partial charge in [-0.25, -0.2) is 0 Å². The van der Waals surface area contributed by atoms with Crippen LogP contribution >= 0.6 is 0 Å². The van der Waals surface area contributed by atoms with Gasteiger partial charge in [0.2, 0.25) is 0 Å². The first-order valence-corrected chi connectivity index (χ1v) is 5.59. The third-order valence-corrected chi connectivity index (χ3v) is 2.32. The van der Waals surface area contributed by atoms with Crippen molar-refractivity contribution in [2.75, 3.05) is 0 Å². The second-order valence-corrected chi connectivity index (χ2v) is 4.57. The first-order valence-electron chi connectivity index (χ1n) is 5.59. The van der Waals surface area contributed by atoms with Gasteiger partial charge in [0.25, 0.3) is 0 Å². The molecule has 1 rings (SSSR count). The molecular formula is C13H17F3O. The van der Waals surface area contributed by atoms with Crippen LogP contribution in [-0.4, -0.2) is 6.10 Å². The van der Waals surface area contributed by atoms with Gasteiger partial charge in [0.15, 0.2) is 0 Å². The minimum atomic E-state index is -4.34. The lowest BCUT2D eigenvalue weighted by Crippen LogP contribution is -2.12. The van der Waals surface area contributed by atoms with E-state index in [2.05, 4.69) is 0 Å². The molecule has 0 aromatic heterocycles. The normalized spacial score (nSPS) is 12.3. The molecule has 0 fully saturated rings. The highest BCUT2D eigenvalue weighted by Crippen LogP contribution is 2.37. The van der Waals surface area contributed by atoms with Crippen LogP contribution < -0.4 is 4.74 Å². The zero-order valence-corrected chi connectivity index (χ0v) is 10.4. The van der Waals surface area contributed by atoms with Crippen molar-refractivity contribution in [3.63, 3.8) is 0 Å². The number of alkyl halides is 3. The van der Waals surface area contributed by atoms with E-state index in [4.69, 9.17) is 4.74 Å². The van der Waals surface area contributed by atoms with Crippen molar-refractivity contribution in [1.29, 1.82) is 0 Å². The van der Waals surface area contributed by atoms with Gasteiger partial charge < -0.3 is 4.74 Å². The van der Waals surface area contributed by atoms with Crippen molar-refractivity contribution in [3.05, 3.63) is 29.3 Å². The molecule has 1 nitrogen and oxygen atoms in total. The summed E-state index contributed by atoms with van der Waals surface area (Å²) in [5.41, 5.74) is -0.306. The Labute approximate surface area is 99.6 Å². The molecule has 0 saturated heterocycles. The quantitative estimate of drug-likeness (QED) is 0.756. The molecule has 0 unspecified atom stereocenters. The zero-order valence-electron chi connectivity index (χ0n) is 10.4. The van der Waals surface area contributed by atoms with Crippen molar-refractivity contribution in [1.82, 2.24) is 0 Å². The highest BCUT2D eigenvalue weighted by molar-refractivity contribution is 5.39. The third-order valence-electron chi connectivity index (χ3n) is 2.32. The highest BCUT2D eigenvalue weighted by atomic mass is 19.4.